The minimum absolute atomic E-state index is 1.26. The van der Waals surface area contributed by atoms with Crippen molar-refractivity contribution in [3.8, 4) is 0 Å². The summed E-state index contributed by atoms with van der Waals surface area (Å²) < 4.78 is 39.0. The van der Waals surface area contributed by atoms with Crippen LogP contribution in [0.2, 0.25) is 0 Å². The monoisotopic (exact) mass is 201 g/mol. The Balaban J connectivity index is 0.000000252. The average Bonchev–Trinajstić information content (AvgIpc) is 2.31. The Kier molecular flexibility index (Phi) is 5.31. The van der Waals surface area contributed by atoms with Crippen LogP contribution in [-0.4, -0.2) is 44.5 Å². The van der Waals surface area contributed by atoms with Crippen molar-refractivity contribution in [1.29, 1.82) is 0 Å². The van der Waals surface area contributed by atoms with Gasteiger partial charge in [0, 0.05) is 27.2 Å². The molecule has 0 unspecified atom stereocenters. The minimum Gasteiger partial charge on any atom is -0.418 e. The molecule has 0 atom stereocenters. The summed E-state index contributed by atoms with van der Waals surface area (Å²) in [6.45, 7) is 2.51. The number of nitrogens with zero attached hydrogens (tertiary/aromatic N) is 2. The van der Waals surface area contributed by atoms with Crippen LogP contribution in [0.5, 0.6) is 0 Å². The molecule has 1 aliphatic heterocycles. The van der Waals surface area contributed by atoms with E-state index in [0.29, 0.717) is 0 Å². The van der Waals surface area contributed by atoms with E-state index in [1.165, 1.54) is 25.9 Å². The molecule has 0 saturated carbocycles. The SMILES string of the molecule is CN(C)N1CCCC1.F[B-](F)(F)F. The predicted octanol–water partition coefficient (Wildman–Crippen LogP) is 1.86. The standard InChI is InChI=1S/C6H14N2.BF4/c1-7(2)8-5-3-4-6-8;2-1(3,4)5/h3-6H2,1-2H3;/q;-1. The largest absolute Gasteiger partial charge is 0.673 e. The van der Waals surface area contributed by atoms with Gasteiger partial charge in [0.25, 0.3) is 0 Å². The van der Waals surface area contributed by atoms with Crippen LogP contribution in [0.4, 0.5) is 17.3 Å². The molecule has 0 radical (unpaired) electrons. The summed E-state index contributed by atoms with van der Waals surface area (Å²) in [7, 11) is -1.80. The summed E-state index contributed by atoms with van der Waals surface area (Å²) in [6.07, 6.45) is 2.75. The maximum absolute atomic E-state index is 9.75. The van der Waals surface area contributed by atoms with Crippen molar-refractivity contribution < 1.29 is 17.3 Å². The van der Waals surface area contributed by atoms with E-state index in [1.807, 2.05) is 0 Å². The second-order valence-corrected chi connectivity index (χ2v) is 3.00. The molecule has 0 N–H and O–H groups in total. The third-order valence-electron chi connectivity index (χ3n) is 1.65. The maximum Gasteiger partial charge on any atom is 0.673 e. The minimum atomic E-state index is -6.00. The van der Waals surface area contributed by atoms with Gasteiger partial charge in [0.15, 0.2) is 0 Å². The average molecular weight is 201 g/mol. The highest BCUT2D eigenvalue weighted by molar-refractivity contribution is 6.50. The van der Waals surface area contributed by atoms with Gasteiger partial charge in [-0.05, 0) is 12.8 Å². The third kappa shape index (κ3) is 9.62. The van der Waals surface area contributed by atoms with E-state index in [9.17, 15) is 17.3 Å². The molecule has 1 aliphatic rings. The van der Waals surface area contributed by atoms with E-state index in [1.54, 1.807) is 0 Å². The molecule has 0 amide bonds. The maximum atomic E-state index is 9.75. The van der Waals surface area contributed by atoms with Crippen LogP contribution >= 0.6 is 0 Å². The van der Waals surface area contributed by atoms with Crippen LogP contribution in [0.15, 0.2) is 0 Å². The van der Waals surface area contributed by atoms with Crippen molar-refractivity contribution in [2.24, 2.45) is 0 Å². The number of hydrogen-bond acceptors (Lipinski definition) is 2. The molecule has 0 spiro atoms. The number of hydrazine groups is 1. The predicted molar refractivity (Wildman–Crippen MR) is 44.7 cm³/mol. The first-order valence-electron chi connectivity index (χ1n) is 4.10. The smallest absolute Gasteiger partial charge is 0.418 e. The molecule has 0 bridgehead atoms. The number of rotatable bonds is 1. The summed E-state index contributed by atoms with van der Waals surface area (Å²) in [5, 5.41) is 4.53. The van der Waals surface area contributed by atoms with Crippen molar-refractivity contribution in [3.63, 3.8) is 0 Å². The molecule has 13 heavy (non-hydrogen) atoms. The Morgan fingerprint density at radius 2 is 1.31 bits per heavy atom. The van der Waals surface area contributed by atoms with Crippen molar-refractivity contribution in [2.45, 2.75) is 12.8 Å². The lowest BCUT2D eigenvalue weighted by atomic mass is 10.3. The van der Waals surface area contributed by atoms with E-state index in [2.05, 4.69) is 24.1 Å². The van der Waals surface area contributed by atoms with Gasteiger partial charge in [-0.1, -0.05) is 0 Å². The van der Waals surface area contributed by atoms with E-state index in [4.69, 9.17) is 0 Å². The first-order chi connectivity index (χ1) is 5.80. The summed E-state index contributed by atoms with van der Waals surface area (Å²) >= 11 is 0. The van der Waals surface area contributed by atoms with Crippen LogP contribution in [0, 0.1) is 0 Å². The molecule has 0 aromatic heterocycles. The fourth-order valence-electron chi connectivity index (χ4n) is 1.10. The molecule has 1 saturated heterocycles. The van der Waals surface area contributed by atoms with Gasteiger partial charge in [-0.25, -0.2) is 10.0 Å². The zero-order chi connectivity index (χ0) is 10.5. The van der Waals surface area contributed by atoms with Gasteiger partial charge in [-0.3, -0.25) is 0 Å². The van der Waals surface area contributed by atoms with Gasteiger partial charge >= 0.3 is 7.25 Å². The molecule has 7 heteroatoms. The second kappa shape index (κ2) is 5.44. The zero-order valence-corrected chi connectivity index (χ0v) is 7.81. The van der Waals surface area contributed by atoms with E-state index < -0.39 is 7.25 Å². The Morgan fingerprint density at radius 1 is 1.00 bits per heavy atom. The normalized spacial score (nSPS) is 18.7. The highest BCUT2D eigenvalue weighted by Crippen LogP contribution is 2.07. The Labute approximate surface area is 75.6 Å². The summed E-state index contributed by atoms with van der Waals surface area (Å²) in [5.41, 5.74) is 0. The number of halogens is 4. The van der Waals surface area contributed by atoms with E-state index in [-0.39, 0.29) is 0 Å². The lowest BCUT2D eigenvalue weighted by Gasteiger charge is -2.22. The lowest BCUT2D eigenvalue weighted by molar-refractivity contribution is 0.0538. The molecule has 0 aromatic carbocycles. The second-order valence-electron chi connectivity index (χ2n) is 3.00. The van der Waals surface area contributed by atoms with Gasteiger partial charge < -0.3 is 17.3 Å². The topological polar surface area (TPSA) is 6.48 Å². The van der Waals surface area contributed by atoms with Gasteiger partial charge in [0.05, 0.1) is 0 Å². The highest BCUT2D eigenvalue weighted by atomic mass is 19.5. The van der Waals surface area contributed by atoms with Gasteiger partial charge in [-0.2, -0.15) is 0 Å². The quantitative estimate of drug-likeness (QED) is 0.471. The van der Waals surface area contributed by atoms with E-state index in [0.717, 1.165) is 0 Å². The fraction of sp³-hybridized carbons (Fsp3) is 1.00. The van der Waals surface area contributed by atoms with Crippen LogP contribution in [0.3, 0.4) is 0 Å². The highest BCUT2D eigenvalue weighted by Gasteiger charge is 2.20. The van der Waals surface area contributed by atoms with Crippen molar-refractivity contribution in [2.75, 3.05) is 27.2 Å². The number of hydrogen-bond donors (Lipinski definition) is 0. The van der Waals surface area contributed by atoms with Crippen LogP contribution in [-0.2, 0) is 0 Å². The molecule has 1 rings (SSSR count). The molecule has 2 nitrogen and oxygen atoms in total. The molecule has 1 heterocycles. The summed E-state index contributed by atoms with van der Waals surface area (Å²) in [4.78, 5) is 0. The Bertz CT molecular complexity index is 127. The zero-order valence-electron chi connectivity index (χ0n) is 7.81. The van der Waals surface area contributed by atoms with E-state index >= 15 is 0 Å². The first kappa shape index (κ1) is 12.7. The molecule has 1 fully saturated rings. The van der Waals surface area contributed by atoms with Crippen molar-refractivity contribution >= 4 is 7.25 Å². The third-order valence-corrected chi connectivity index (χ3v) is 1.65. The Hall–Kier alpha value is -0.295. The van der Waals surface area contributed by atoms with Crippen molar-refractivity contribution in [3.05, 3.63) is 0 Å². The van der Waals surface area contributed by atoms with Gasteiger partial charge in [-0.15, -0.1) is 0 Å². The fourth-order valence-corrected chi connectivity index (χ4v) is 1.10. The molecule has 0 aromatic rings. The lowest BCUT2D eigenvalue weighted by Crippen LogP contribution is -2.33. The summed E-state index contributed by atoms with van der Waals surface area (Å²) in [5.74, 6) is 0. The Morgan fingerprint density at radius 3 is 1.46 bits per heavy atom. The van der Waals surface area contributed by atoms with Crippen LogP contribution in [0.25, 0.3) is 0 Å². The van der Waals surface area contributed by atoms with Crippen molar-refractivity contribution in [1.82, 2.24) is 10.0 Å². The van der Waals surface area contributed by atoms with Gasteiger partial charge in [0.2, 0.25) is 0 Å². The molecule has 80 valence electrons. The van der Waals surface area contributed by atoms with Gasteiger partial charge in [0.1, 0.15) is 0 Å². The van der Waals surface area contributed by atoms with Crippen LogP contribution < -0.4 is 0 Å². The molecular formula is C6H14BF4N2-. The van der Waals surface area contributed by atoms with Crippen LogP contribution in [0.1, 0.15) is 12.8 Å². The first-order valence-corrected chi connectivity index (χ1v) is 4.10. The summed E-state index contributed by atoms with van der Waals surface area (Å²) in [6, 6.07) is 0. The molecular weight excluding hydrogens is 187 g/mol. The molecule has 0 aliphatic carbocycles.